The van der Waals surface area contributed by atoms with Gasteiger partial charge in [0.05, 0.1) is 0 Å². The average Bonchev–Trinajstić information content (AvgIpc) is 2.41. The van der Waals surface area contributed by atoms with Gasteiger partial charge in [-0.05, 0) is 41.8 Å². The van der Waals surface area contributed by atoms with E-state index in [1.807, 2.05) is 0 Å². The Hall–Kier alpha value is -1.34. The summed E-state index contributed by atoms with van der Waals surface area (Å²) in [4.78, 5) is 0. The second-order valence-corrected chi connectivity index (χ2v) is 5.17. The van der Waals surface area contributed by atoms with Crippen LogP contribution in [0.1, 0.15) is 37.4 Å². The van der Waals surface area contributed by atoms with Crippen LogP contribution in [0.2, 0.25) is 0 Å². The molecule has 96 valence electrons. The Bertz CT molecular complexity index is 530. The molecule has 0 amide bonds. The summed E-state index contributed by atoms with van der Waals surface area (Å²) < 4.78 is 0. The van der Waals surface area contributed by atoms with E-state index < -0.39 is 0 Å². The number of nitrogens with one attached hydrogen (secondary N) is 1. The zero-order valence-electron chi connectivity index (χ0n) is 11.8. The fourth-order valence-corrected chi connectivity index (χ4v) is 2.77. The first-order valence-corrected chi connectivity index (χ1v) is 6.84. The van der Waals surface area contributed by atoms with Gasteiger partial charge in [0.15, 0.2) is 0 Å². The van der Waals surface area contributed by atoms with Crippen LogP contribution in [-0.4, -0.2) is 7.05 Å². The molecule has 0 bridgehead atoms. The van der Waals surface area contributed by atoms with Crippen molar-refractivity contribution >= 4 is 10.8 Å². The van der Waals surface area contributed by atoms with Crippen LogP contribution in [0.15, 0.2) is 36.4 Å². The largest absolute Gasteiger partial charge is 0.313 e. The van der Waals surface area contributed by atoms with Crippen molar-refractivity contribution in [3.63, 3.8) is 0 Å². The summed E-state index contributed by atoms with van der Waals surface area (Å²) in [6.07, 6.45) is 1.19. The molecule has 2 rings (SSSR count). The highest BCUT2D eigenvalue weighted by molar-refractivity contribution is 5.87. The monoisotopic (exact) mass is 241 g/mol. The molecule has 0 radical (unpaired) electrons. The maximum absolute atomic E-state index is 3.50. The maximum Gasteiger partial charge on any atom is 0.0352 e. The molecule has 18 heavy (non-hydrogen) atoms. The summed E-state index contributed by atoms with van der Waals surface area (Å²) in [6.45, 7) is 6.80. The number of rotatable bonds is 4. The third-order valence-electron chi connectivity index (χ3n) is 4.02. The van der Waals surface area contributed by atoms with E-state index in [0.717, 1.165) is 0 Å². The Kier molecular flexibility index (Phi) is 4.03. The minimum absolute atomic E-state index is 0.432. The zero-order valence-corrected chi connectivity index (χ0v) is 11.8. The van der Waals surface area contributed by atoms with Gasteiger partial charge in [-0.3, -0.25) is 0 Å². The van der Waals surface area contributed by atoms with Crippen LogP contribution in [0.3, 0.4) is 0 Å². The van der Waals surface area contributed by atoms with E-state index in [-0.39, 0.29) is 0 Å². The van der Waals surface area contributed by atoms with Gasteiger partial charge >= 0.3 is 0 Å². The van der Waals surface area contributed by atoms with Crippen LogP contribution in [0.5, 0.6) is 0 Å². The highest BCUT2D eigenvalue weighted by Gasteiger charge is 2.19. The minimum atomic E-state index is 0.432. The Morgan fingerprint density at radius 2 is 1.83 bits per heavy atom. The van der Waals surface area contributed by atoms with Gasteiger partial charge in [0.2, 0.25) is 0 Å². The lowest BCUT2D eigenvalue weighted by Crippen LogP contribution is -2.24. The molecule has 0 spiro atoms. The molecular formula is C17H23N. The molecule has 1 heteroatoms. The van der Waals surface area contributed by atoms with Gasteiger partial charge in [0, 0.05) is 6.04 Å². The van der Waals surface area contributed by atoms with Crippen LogP contribution < -0.4 is 5.32 Å². The molecule has 0 aliphatic carbocycles. The Labute approximate surface area is 110 Å². The van der Waals surface area contributed by atoms with E-state index in [0.29, 0.717) is 12.0 Å². The Morgan fingerprint density at radius 1 is 1.11 bits per heavy atom. The third kappa shape index (κ3) is 2.28. The van der Waals surface area contributed by atoms with Gasteiger partial charge < -0.3 is 5.32 Å². The molecule has 1 nitrogen and oxygen atoms in total. The standard InChI is InChI=1S/C17H23N/c1-5-12(2)17(18-4)16-13(3)10-11-14-8-6-7-9-15(14)16/h6-12,17-18H,5H2,1-4H3. The summed E-state index contributed by atoms with van der Waals surface area (Å²) in [5.41, 5.74) is 2.85. The number of aryl methyl sites for hydroxylation is 1. The molecule has 0 aliphatic rings. The van der Waals surface area contributed by atoms with Crippen molar-refractivity contribution in [3.8, 4) is 0 Å². The van der Waals surface area contributed by atoms with Gasteiger partial charge in [0.25, 0.3) is 0 Å². The molecule has 1 N–H and O–H groups in total. The normalized spacial score (nSPS) is 14.7. The molecule has 0 heterocycles. The summed E-state index contributed by atoms with van der Waals surface area (Å²) in [5, 5.41) is 6.22. The smallest absolute Gasteiger partial charge is 0.0352 e. The molecule has 2 aromatic carbocycles. The lowest BCUT2D eigenvalue weighted by Gasteiger charge is -2.26. The molecule has 2 unspecified atom stereocenters. The second-order valence-electron chi connectivity index (χ2n) is 5.17. The lowest BCUT2D eigenvalue weighted by atomic mass is 9.86. The third-order valence-corrected chi connectivity index (χ3v) is 4.02. The molecule has 0 saturated heterocycles. The molecule has 0 aromatic heterocycles. The maximum atomic E-state index is 3.50. The predicted molar refractivity (Wildman–Crippen MR) is 79.9 cm³/mol. The first-order chi connectivity index (χ1) is 8.69. The van der Waals surface area contributed by atoms with Crippen molar-refractivity contribution in [2.45, 2.75) is 33.2 Å². The quantitative estimate of drug-likeness (QED) is 0.833. The number of fused-ring (bicyclic) bond motifs is 1. The molecule has 0 saturated carbocycles. The molecule has 0 aliphatic heterocycles. The molecule has 0 fully saturated rings. The van der Waals surface area contributed by atoms with E-state index in [1.165, 1.54) is 28.3 Å². The fourth-order valence-electron chi connectivity index (χ4n) is 2.77. The predicted octanol–water partition coefficient (Wildman–Crippen LogP) is 4.45. The fraction of sp³-hybridized carbons (Fsp3) is 0.412. The van der Waals surface area contributed by atoms with Crippen molar-refractivity contribution in [2.24, 2.45) is 5.92 Å². The van der Waals surface area contributed by atoms with Crippen molar-refractivity contribution < 1.29 is 0 Å². The van der Waals surface area contributed by atoms with Crippen molar-refractivity contribution in [1.29, 1.82) is 0 Å². The summed E-state index contributed by atoms with van der Waals surface area (Å²) in [7, 11) is 2.07. The summed E-state index contributed by atoms with van der Waals surface area (Å²) >= 11 is 0. The second kappa shape index (κ2) is 5.53. The Morgan fingerprint density at radius 3 is 2.50 bits per heavy atom. The van der Waals surface area contributed by atoms with E-state index in [2.05, 4.69) is 69.5 Å². The lowest BCUT2D eigenvalue weighted by molar-refractivity contribution is 0.401. The van der Waals surface area contributed by atoms with E-state index in [9.17, 15) is 0 Å². The SMILES string of the molecule is CCC(C)C(NC)c1c(C)ccc2ccccc12. The van der Waals surface area contributed by atoms with Gasteiger partial charge in [-0.25, -0.2) is 0 Å². The zero-order chi connectivity index (χ0) is 13.1. The van der Waals surface area contributed by atoms with Gasteiger partial charge in [0.1, 0.15) is 0 Å². The highest BCUT2D eigenvalue weighted by atomic mass is 14.9. The topological polar surface area (TPSA) is 12.0 Å². The molecule has 2 atom stereocenters. The van der Waals surface area contributed by atoms with E-state index in [4.69, 9.17) is 0 Å². The van der Waals surface area contributed by atoms with Gasteiger partial charge in [-0.1, -0.05) is 56.7 Å². The van der Waals surface area contributed by atoms with E-state index >= 15 is 0 Å². The van der Waals surface area contributed by atoms with Gasteiger partial charge in [-0.2, -0.15) is 0 Å². The Balaban J connectivity index is 2.64. The van der Waals surface area contributed by atoms with Crippen molar-refractivity contribution in [3.05, 3.63) is 47.5 Å². The van der Waals surface area contributed by atoms with Gasteiger partial charge in [-0.15, -0.1) is 0 Å². The number of hydrogen-bond acceptors (Lipinski definition) is 1. The van der Waals surface area contributed by atoms with Crippen LogP contribution >= 0.6 is 0 Å². The van der Waals surface area contributed by atoms with Crippen LogP contribution in [-0.2, 0) is 0 Å². The highest BCUT2D eigenvalue weighted by Crippen LogP contribution is 2.32. The summed E-state index contributed by atoms with van der Waals surface area (Å²) in [5.74, 6) is 0.638. The average molecular weight is 241 g/mol. The molecular weight excluding hydrogens is 218 g/mol. The number of benzene rings is 2. The van der Waals surface area contributed by atoms with Crippen LogP contribution in [0.4, 0.5) is 0 Å². The first-order valence-electron chi connectivity index (χ1n) is 6.84. The number of hydrogen-bond donors (Lipinski definition) is 1. The molecule has 2 aromatic rings. The van der Waals surface area contributed by atoms with E-state index in [1.54, 1.807) is 0 Å². The van der Waals surface area contributed by atoms with Crippen molar-refractivity contribution in [2.75, 3.05) is 7.05 Å². The van der Waals surface area contributed by atoms with Crippen LogP contribution in [0, 0.1) is 12.8 Å². The van der Waals surface area contributed by atoms with Crippen molar-refractivity contribution in [1.82, 2.24) is 5.32 Å². The minimum Gasteiger partial charge on any atom is -0.313 e. The summed E-state index contributed by atoms with van der Waals surface area (Å²) in [6, 6.07) is 13.6. The first kappa shape index (κ1) is 13.1. The van der Waals surface area contributed by atoms with Crippen LogP contribution in [0.25, 0.3) is 10.8 Å².